The second-order valence-corrected chi connectivity index (χ2v) is 7.51. The molecule has 3 nitrogen and oxygen atoms in total. The van der Waals surface area contributed by atoms with Crippen molar-refractivity contribution < 1.29 is 9.84 Å². The van der Waals surface area contributed by atoms with Gasteiger partial charge in [-0.3, -0.25) is 0 Å². The monoisotopic (exact) mass is 289 g/mol. The summed E-state index contributed by atoms with van der Waals surface area (Å²) in [5.74, 6) is 0.943. The van der Waals surface area contributed by atoms with E-state index < -0.39 is 5.60 Å². The third-order valence-electron chi connectivity index (χ3n) is 5.98. The lowest BCUT2D eigenvalue weighted by Gasteiger charge is -2.58. The molecule has 3 rings (SSSR count). The molecule has 0 saturated heterocycles. The van der Waals surface area contributed by atoms with E-state index in [2.05, 4.69) is 19.9 Å². The molecule has 1 aliphatic heterocycles. The Morgan fingerprint density at radius 2 is 1.90 bits per heavy atom. The normalized spacial score (nSPS) is 34.9. The van der Waals surface area contributed by atoms with Crippen molar-refractivity contribution in [1.82, 2.24) is 0 Å². The van der Waals surface area contributed by atoms with Crippen LogP contribution >= 0.6 is 0 Å². The third kappa shape index (κ3) is 2.09. The fourth-order valence-corrected chi connectivity index (χ4v) is 4.46. The topological polar surface area (TPSA) is 55.5 Å². The highest BCUT2D eigenvalue weighted by Gasteiger charge is 2.59. The summed E-state index contributed by atoms with van der Waals surface area (Å²) in [7, 11) is 0. The van der Waals surface area contributed by atoms with E-state index in [4.69, 9.17) is 10.5 Å². The van der Waals surface area contributed by atoms with Crippen LogP contribution in [0.1, 0.15) is 45.1 Å². The molecule has 0 bridgehead atoms. The van der Waals surface area contributed by atoms with E-state index in [1.807, 2.05) is 18.2 Å². The van der Waals surface area contributed by atoms with Crippen LogP contribution in [0.15, 0.2) is 24.3 Å². The molecular weight excluding hydrogens is 262 g/mol. The third-order valence-corrected chi connectivity index (χ3v) is 5.98. The van der Waals surface area contributed by atoms with Crippen molar-refractivity contribution in [3.63, 3.8) is 0 Å². The van der Waals surface area contributed by atoms with Crippen molar-refractivity contribution in [2.75, 3.05) is 13.2 Å². The van der Waals surface area contributed by atoms with E-state index in [0.29, 0.717) is 13.2 Å². The summed E-state index contributed by atoms with van der Waals surface area (Å²) in [6.45, 7) is 5.34. The van der Waals surface area contributed by atoms with Crippen LogP contribution in [0.25, 0.3) is 0 Å². The number of benzene rings is 1. The van der Waals surface area contributed by atoms with Crippen molar-refractivity contribution in [2.24, 2.45) is 16.6 Å². The SMILES string of the molecule is CC1(C)CCCCC1(O)C1(CN)COc2ccccc2C1. The van der Waals surface area contributed by atoms with E-state index in [0.717, 1.165) is 31.4 Å². The van der Waals surface area contributed by atoms with E-state index in [-0.39, 0.29) is 10.8 Å². The zero-order chi connectivity index (χ0) is 15.1. The lowest BCUT2D eigenvalue weighted by molar-refractivity contribution is -0.195. The number of rotatable bonds is 2. The van der Waals surface area contributed by atoms with Crippen molar-refractivity contribution in [2.45, 2.75) is 51.6 Å². The first-order valence-electron chi connectivity index (χ1n) is 8.07. The molecule has 1 saturated carbocycles. The second kappa shape index (κ2) is 4.99. The van der Waals surface area contributed by atoms with Gasteiger partial charge in [0, 0.05) is 6.54 Å². The van der Waals surface area contributed by atoms with Crippen LogP contribution in [0.2, 0.25) is 0 Å². The number of nitrogens with two attached hydrogens (primary N) is 1. The van der Waals surface area contributed by atoms with Crippen LogP contribution in [0, 0.1) is 10.8 Å². The number of aliphatic hydroxyl groups is 1. The lowest BCUT2D eigenvalue weighted by Crippen LogP contribution is -2.65. The van der Waals surface area contributed by atoms with Gasteiger partial charge in [0.25, 0.3) is 0 Å². The highest BCUT2D eigenvalue weighted by atomic mass is 16.5. The predicted molar refractivity (Wildman–Crippen MR) is 84.3 cm³/mol. The standard InChI is InChI=1S/C18H27NO2/c1-16(2)9-5-6-10-18(16,20)17(12-19)11-14-7-3-4-8-15(14)21-13-17/h3-4,7-8,20H,5-6,9-13,19H2,1-2H3. The molecule has 1 aliphatic carbocycles. The summed E-state index contributed by atoms with van der Waals surface area (Å²) in [5, 5.41) is 11.6. The molecule has 2 atom stereocenters. The molecule has 21 heavy (non-hydrogen) atoms. The van der Waals surface area contributed by atoms with Gasteiger partial charge in [-0.2, -0.15) is 0 Å². The van der Waals surface area contributed by atoms with Crippen molar-refractivity contribution in [3.05, 3.63) is 29.8 Å². The number of fused-ring (bicyclic) bond motifs is 1. The Balaban J connectivity index is 2.02. The van der Waals surface area contributed by atoms with Gasteiger partial charge in [-0.1, -0.05) is 44.9 Å². The minimum Gasteiger partial charge on any atom is -0.493 e. The maximum Gasteiger partial charge on any atom is 0.122 e. The maximum atomic E-state index is 11.6. The van der Waals surface area contributed by atoms with Gasteiger partial charge in [0.2, 0.25) is 0 Å². The zero-order valence-electron chi connectivity index (χ0n) is 13.2. The van der Waals surface area contributed by atoms with Gasteiger partial charge in [0.1, 0.15) is 5.75 Å². The molecule has 0 spiro atoms. The average Bonchev–Trinajstić information content (AvgIpc) is 2.49. The summed E-state index contributed by atoms with van der Waals surface area (Å²) in [6.07, 6.45) is 4.94. The average molecular weight is 289 g/mol. The largest absolute Gasteiger partial charge is 0.493 e. The molecule has 1 heterocycles. The molecule has 2 aliphatic rings. The fourth-order valence-electron chi connectivity index (χ4n) is 4.46. The van der Waals surface area contributed by atoms with Crippen LogP contribution in [0.4, 0.5) is 0 Å². The van der Waals surface area contributed by atoms with Crippen molar-refractivity contribution >= 4 is 0 Å². The Kier molecular flexibility index (Phi) is 3.53. The van der Waals surface area contributed by atoms with E-state index in [1.165, 1.54) is 12.0 Å². The quantitative estimate of drug-likeness (QED) is 0.880. The Labute approximate surface area is 127 Å². The summed E-state index contributed by atoms with van der Waals surface area (Å²) >= 11 is 0. The van der Waals surface area contributed by atoms with E-state index in [9.17, 15) is 5.11 Å². The van der Waals surface area contributed by atoms with Gasteiger partial charge >= 0.3 is 0 Å². The minimum atomic E-state index is -0.763. The Hall–Kier alpha value is -1.06. The molecule has 116 valence electrons. The summed E-state index contributed by atoms with van der Waals surface area (Å²) in [5.41, 5.74) is 6.09. The Morgan fingerprint density at radius 1 is 1.19 bits per heavy atom. The molecule has 0 amide bonds. The number of hydrogen-bond donors (Lipinski definition) is 2. The number of hydrogen-bond acceptors (Lipinski definition) is 3. The molecule has 0 radical (unpaired) electrons. The predicted octanol–water partition coefficient (Wildman–Crippen LogP) is 2.90. The van der Waals surface area contributed by atoms with Gasteiger partial charge in [0.05, 0.1) is 17.6 Å². The van der Waals surface area contributed by atoms with Crippen LogP contribution in [0.5, 0.6) is 5.75 Å². The van der Waals surface area contributed by atoms with Gasteiger partial charge in [-0.05, 0) is 36.3 Å². The van der Waals surface area contributed by atoms with Crippen molar-refractivity contribution in [1.29, 1.82) is 0 Å². The highest BCUT2D eigenvalue weighted by molar-refractivity contribution is 5.37. The first kappa shape index (κ1) is 14.9. The molecule has 1 aromatic carbocycles. The summed E-state index contributed by atoms with van der Waals surface area (Å²) < 4.78 is 6.00. The van der Waals surface area contributed by atoms with Crippen LogP contribution in [-0.4, -0.2) is 23.9 Å². The summed E-state index contributed by atoms with van der Waals surface area (Å²) in [4.78, 5) is 0. The number of ether oxygens (including phenoxy) is 1. The molecule has 0 aromatic heterocycles. The first-order chi connectivity index (χ1) is 9.94. The minimum absolute atomic E-state index is 0.125. The summed E-state index contributed by atoms with van der Waals surface area (Å²) in [6, 6.07) is 8.13. The smallest absolute Gasteiger partial charge is 0.122 e. The van der Waals surface area contributed by atoms with Crippen LogP contribution in [0.3, 0.4) is 0 Å². The molecule has 1 aromatic rings. The maximum absolute atomic E-state index is 11.6. The van der Waals surface area contributed by atoms with Gasteiger partial charge < -0.3 is 15.6 Å². The van der Waals surface area contributed by atoms with Crippen LogP contribution < -0.4 is 10.5 Å². The molecule has 1 fully saturated rings. The first-order valence-corrected chi connectivity index (χ1v) is 8.07. The molecule has 3 N–H and O–H groups in total. The zero-order valence-corrected chi connectivity index (χ0v) is 13.2. The molecule has 2 unspecified atom stereocenters. The van der Waals surface area contributed by atoms with E-state index >= 15 is 0 Å². The molecular formula is C18H27NO2. The van der Waals surface area contributed by atoms with Gasteiger partial charge in [0.15, 0.2) is 0 Å². The fraction of sp³-hybridized carbons (Fsp3) is 0.667. The van der Waals surface area contributed by atoms with Gasteiger partial charge in [-0.15, -0.1) is 0 Å². The Morgan fingerprint density at radius 3 is 2.62 bits per heavy atom. The van der Waals surface area contributed by atoms with Crippen molar-refractivity contribution in [3.8, 4) is 5.75 Å². The van der Waals surface area contributed by atoms with E-state index in [1.54, 1.807) is 0 Å². The van der Waals surface area contributed by atoms with Gasteiger partial charge in [-0.25, -0.2) is 0 Å². The Bertz CT molecular complexity index is 528. The lowest BCUT2D eigenvalue weighted by atomic mass is 9.52. The second-order valence-electron chi connectivity index (χ2n) is 7.51. The van der Waals surface area contributed by atoms with Crippen LogP contribution in [-0.2, 0) is 6.42 Å². The highest BCUT2D eigenvalue weighted by Crippen LogP contribution is 2.55. The number of para-hydroxylation sites is 1. The molecule has 3 heteroatoms.